The summed E-state index contributed by atoms with van der Waals surface area (Å²) < 4.78 is 0. The molecule has 2 rings (SSSR count). The molecule has 2 nitrogen and oxygen atoms in total. The van der Waals surface area contributed by atoms with Gasteiger partial charge in [-0.3, -0.25) is 4.90 Å². The van der Waals surface area contributed by atoms with Gasteiger partial charge in [-0.15, -0.1) is 0 Å². The second kappa shape index (κ2) is 7.57. The summed E-state index contributed by atoms with van der Waals surface area (Å²) in [6, 6.07) is 9.41. The van der Waals surface area contributed by atoms with Gasteiger partial charge in [0.25, 0.3) is 0 Å². The van der Waals surface area contributed by atoms with Crippen LogP contribution in [0.5, 0.6) is 0 Å². The number of piperidine rings is 1. The lowest BCUT2D eigenvalue weighted by Gasteiger charge is -2.32. The Morgan fingerprint density at radius 2 is 1.71 bits per heavy atom. The van der Waals surface area contributed by atoms with E-state index < -0.39 is 8.07 Å². The largest absolute Gasteiger partial charge is 0.317 e. The summed E-state index contributed by atoms with van der Waals surface area (Å²) >= 11 is 0. The summed E-state index contributed by atoms with van der Waals surface area (Å²) in [5, 5.41) is 5.05. The van der Waals surface area contributed by atoms with E-state index in [1.54, 1.807) is 5.19 Å². The summed E-state index contributed by atoms with van der Waals surface area (Å²) in [6.07, 6.45) is 2.69. The fourth-order valence-corrected chi connectivity index (χ4v) is 4.23. The topological polar surface area (TPSA) is 15.3 Å². The van der Waals surface area contributed by atoms with Crippen molar-refractivity contribution in [3.8, 4) is 0 Å². The van der Waals surface area contributed by atoms with Crippen molar-refractivity contribution in [2.75, 3.05) is 26.2 Å². The van der Waals surface area contributed by atoms with E-state index >= 15 is 0 Å². The molecule has 0 bridgehead atoms. The lowest BCUT2D eigenvalue weighted by atomic mass is 9.96. The second-order valence-corrected chi connectivity index (χ2v) is 12.6. The van der Waals surface area contributed by atoms with E-state index in [0.29, 0.717) is 0 Å². The Bertz CT molecular complexity index is 414. The molecule has 1 aliphatic rings. The highest BCUT2D eigenvalue weighted by atomic mass is 28.3. The van der Waals surface area contributed by atoms with Crippen LogP contribution in [0.4, 0.5) is 0 Å². The van der Waals surface area contributed by atoms with Crippen molar-refractivity contribution >= 4 is 13.3 Å². The van der Waals surface area contributed by atoms with Crippen LogP contribution in [0.2, 0.25) is 19.6 Å². The lowest BCUT2D eigenvalue weighted by molar-refractivity contribution is 0.176. The van der Waals surface area contributed by atoms with Crippen LogP contribution in [-0.2, 0) is 6.54 Å². The molecule has 0 radical (unpaired) electrons. The molecule has 118 valence electrons. The fraction of sp³-hybridized carbons (Fsp3) is 0.667. The predicted molar refractivity (Wildman–Crippen MR) is 96.0 cm³/mol. The van der Waals surface area contributed by atoms with Gasteiger partial charge in [0.05, 0.1) is 8.07 Å². The molecule has 1 N–H and O–H groups in total. The van der Waals surface area contributed by atoms with Gasteiger partial charge in [-0.1, -0.05) is 56.0 Å². The summed E-state index contributed by atoms with van der Waals surface area (Å²) in [4.78, 5) is 2.62. The lowest BCUT2D eigenvalue weighted by Crippen LogP contribution is -2.38. The van der Waals surface area contributed by atoms with Crippen LogP contribution >= 0.6 is 0 Å². The Kier molecular flexibility index (Phi) is 6.03. The Hall–Kier alpha value is -0.643. The Morgan fingerprint density at radius 3 is 2.24 bits per heavy atom. The molecule has 0 atom stereocenters. The van der Waals surface area contributed by atoms with Crippen LogP contribution in [0.15, 0.2) is 24.3 Å². The van der Waals surface area contributed by atoms with E-state index in [9.17, 15) is 0 Å². The molecule has 0 spiro atoms. The van der Waals surface area contributed by atoms with E-state index in [1.807, 2.05) is 0 Å². The van der Waals surface area contributed by atoms with Crippen LogP contribution in [0, 0.1) is 5.92 Å². The molecule has 0 saturated carbocycles. The van der Waals surface area contributed by atoms with E-state index in [2.05, 4.69) is 61.0 Å². The molecular weight excluding hydrogens is 272 g/mol. The van der Waals surface area contributed by atoms with Crippen molar-refractivity contribution in [2.45, 2.75) is 46.0 Å². The third-order valence-corrected chi connectivity index (χ3v) is 6.68. The number of benzene rings is 1. The summed E-state index contributed by atoms with van der Waals surface area (Å²) in [5.74, 6) is 0.885. The van der Waals surface area contributed by atoms with Crippen LogP contribution in [0.3, 0.4) is 0 Å². The first kappa shape index (κ1) is 16.7. The van der Waals surface area contributed by atoms with Crippen LogP contribution < -0.4 is 10.5 Å². The minimum atomic E-state index is -1.15. The van der Waals surface area contributed by atoms with Crippen molar-refractivity contribution in [1.29, 1.82) is 0 Å². The molecule has 0 unspecified atom stereocenters. The molecule has 1 heterocycles. The van der Waals surface area contributed by atoms with Gasteiger partial charge in [0.1, 0.15) is 0 Å². The quantitative estimate of drug-likeness (QED) is 0.813. The Labute approximate surface area is 131 Å². The first-order chi connectivity index (χ1) is 9.99. The molecule has 1 aliphatic heterocycles. The third-order valence-electron chi connectivity index (χ3n) is 4.62. The van der Waals surface area contributed by atoms with Gasteiger partial charge in [0.2, 0.25) is 0 Å². The van der Waals surface area contributed by atoms with Gasteiger partial charge in [-0.05, 0) is 50.5 Å². The zero-order chi connectivity index (χ0) is 15.3. The van der Waals surface area contributed by atoms with Gasteiger partial charge in [-0.25, -0.2) is 0 Å². The molecular formula is C18H32N2Si. The summed E-state index contributed by atoms with van der Waals surface area (Å²) in [6.45, 7) is 15.4. The first-order valence-electron chi connectivity index (χ1n) is 8.51. The van der Waals surface area contributed by atoms with E-state index in [4.69, 9.17) is 0 Å². The number of likely N-dealkylation sites (tertiary alicyclic amines) is 1. The minimum absolute atomic E-state index is 0.885. The smallest absolute Gasteiger partial charge is 0.0775 e. The zero-order valence-electron chi connectivity index (χ0n) is 14.3. The third kappa shape index (κ3) is 5.24. The van der Waals surface area contributed by atoms with Gasteiger partial charge in [0.15, 0.2) is 0 Å². The normalized spacial score (nSPS) is 18.1. The number of nitrogens with one attached hydrogen (secondary N) is 1. The number of nitrogens with zero attached hydrogens (tertiary/aromatic N) is 1. The van der Waals surface area contributed by atoms with Gasteiger partial charge >= 0.3 is 0 Å². The van der Waals surface area contributed by atoms with Gasteiger partial charge < -0.3 is 5.32 Å². The fourth-order valence-electron chi connectivity index (χ4n) is 3.07. The van der Waals surface area contributed by atoms with Crippen molar-refractivity contribution in [2.24, 2.45) is 5.92 Å². The van der Waals surface area contributed by atoms with Crippen molar-refractivity contribution < 1.29 is 0 Å². The summed E-state index contributed by atoms with van der Waals surface area (Å²) in [7, 11) is -1.15. The molecule has 21 heavy (non-hydrogen) atoms. The molecule has 1 fully saturated rings. The van der Waals surface area contributed by atoms with Crippen molar-refractivity contribution in [1.82, 2.24) is 10.2 Å². The average Bonchev–Trinajstić information content (AvgIpc) is 2.46. The van der Waals surface area contributed by atoms with Gasteiger partial charge in [0, 0.05) is 6.54 Å². The van der Waals surface area contributed by atoms with Gasteiger partial charge in [-0.2, -0.15) is 0 Å². The number of hydrogen-bond acceptors (Lipinski definition) is 2. The highest BCUT2D eigenvalue weighted by Gasteiger charge is 2.19. The minimum Gasteiger partial charge on any atom is -0.317 e. The molecule has 1 aromatic carbocycles. The second-order valence-electron chi connectivity index (χ2n) is 7.47. The maximum atomic E-state index is 3.49. The monoisotopic (exact) mass is 304 g/mol. The van der Waals surface area contributed by atoms with E-state index in [-0.39, 0.29) is 0 Å². The van der Waals surface area contributed by atoms with Crippen LogP contribution in [0.1, 0.15) is 25.3 Å². The van der Waals surface area contributed by atoms with Crippen LogP contribution in [-0.4, -0.2) is 39.2 Å². The van der Waals surface area contributed by atoms with Crippen molar-refractivity contribution in [3.05, 3.63) is 29.8 Å². The van der Waals surface area contributed by atoms with Crippen molar-refractivity contribution in [3.63, 3.8) is 0 Å². The zero-order valence-corrected chi connectivity index (χ0v) is 15.3. The molecule has 3 heteroatoms. The maximum absolute atomic E-state index is 3.49. The van der Waals surface area contributed by atoms with E-state index in [0.717, 1.165) is 19.0 Å². The molecule has 1 aromatic rings. The molecule has 0 amide bonds. The SMILES string of the molecule is CCNCC1CCN(Cc2ccc([Si](C)(C)C)cc2)CC1. The predicted octanol–water partition coefficient (Wildman–Crippen LogP) is 3.05. The Balaban J connectivity index is 1.81. The standard InChI is InChI=1S/C18H32N2Si/c1-5-19-14-16-10-12-20(13-11-16)15-17-6-8-18(9-7-17)21(2,3)4/h6-9,16,19H,5,10-15H2,1-4H3. The molecule has 0 aliphatic carbocycles. The van der Waals surface area contributed by atoms with E-state index in [1.165, 1.54) is 38.0 Å². The maximum Gasteiger partial charge on any atom is 0.0775 e. The highest BCUT2D eigenvalue weighted by Crippen LogP contribution is 2.18. The average molecular weight is 305 g/mol. The summed E-state index contributed by atoms with van der Waals surface area (Å²) in [5.41, 5.74) is 1.47. The Morgan fingerprint density at radius 1 is 1.10 bits per heavy atom. The first-order valence-corrected chi connectivity index (χ1v) is 12.0. The highest BCUT2D eigenvalue weighted by molar-refractivity contribution is 6.88. The number of rotatable bonds is 6. The molecule has 0 aromatic heterocycles. The number of hydrogen-bond donors (Lipinski definition) is 1. The van der Waals surface area contributed by atoms with Crippen LogP contribution in [0.25, 0.3) is 0 Å². The molecule has 1 saturated heterocycles.